The molecule has 100 valence electrons. The zero-order valence-electron chi connectivity index (χ0n) is 8.85. The molecule has 9 heteroatoms. The molecule has 0 N–H and O–H groups in total. The van der Waals surface area contributed by atoms with Crippen LogP contribution in [-0.4, -0.2) is 24.4 Å². The third-order valence-corrected chi connectivity index (χ3v) is 1.78. The predicted molar refractivity (Wildman–Crippen MR) is 47.0 cm³/mol. The van der Waals surface area contributed by atoms with Gasteiger partial charge in [-0.3, -0.25) is 0 Å². The molecule has 0 aliphatic heterocycles. The number of rotatable bonds is 3. The first-order valence-electron chi connectivity index (χ1n) is 4.38. The highest BCUT2D eigenvalue weighted by atomic mass is 19.4. The highest BCUT2D eigenvalue weighted by Crippen LogP contribution is 2.25. The molecule has 0 fully saturated rings. The molecule has 1 heterocycles. The number of carbonyl (C=O) groups is 1. The van der Waals surface area contributed by atoms with E-state index < -0.39 is 42.0 Å². The van der Waals surface area contributed by atoms with E-state index in [0.717, 1.165) is 7.11 Å². The highest BCUT2D eigenvalue weighted by Gasteiger charge is 2.33. The average Bonchev–Trinajstić information content (AvgIpc) is 2.25. The van der Waals surface area contributed by atoms with E-state index in [-0.39, 0.29) is 6.07 Å². The molecule has 1 aromatic rings. The third kappa shape index (κ3) is 3.28. The van der Waals surface area contributed by atoms with Gasteiger partial charge in [-0.1, -0.05) is 0 Å². The summed E-state index contributed by atoms with van der Waals surface area (Å²) in [6.07, 6.45) is -5.11. The molecule has 18 heavy (non-hydrogen) atoms. The van der Waals surface area contributed by atoms with Crippen molar-refractivity contribution in [1.29, 1.82) is 0 Å². The fraction of sp³-hybridized carbons (Fsp3) is 0.333. The van der Waals surface area contributed by atoms with E-state index in [1.165, 1.54) is 0 Å². The molecule has 4 nitrogen and oxygen atoms in total. The molecule has 0 saturated heterocycles. The maximum absolute atomic E-state index is 13.2. The van der Waals surface area contributed by atoms with Gasteiger partial charge in [-0.25, -0.2) is 18.6 Å². The van der Waals surface area contributed by atoms with Crippen LogP contribution in [0.3, 0.4) is 0 Å². The zero-order valence-corrected chi connectivity index (χ0v) is 8.85. The number of hydrogen-bond acceptors (Lipinski definition) is 4. The third-order valence-electron chi connectivity index (χ3n) is 1.78. The van der Waals surface area contributed by atoms with Crippen molar-refractivity contribution in [2.24, 2.45) is 0 Å². The first-order chi connectivity index (χ1) is 8.28. The molecule has 0 amide bonds. The van der Waals surface area contributed by atoms with Gasteiger partial charge in [0.15, 0.2) is 5.69 Å². The summed E-state index contributed by atoms with van der Waals surface area (Å²) in [4.78, 5) is 14.2. The smallest absolute Gasteiger partial charge is 0.464 e. The topological polar surface area (TPSA) is 48.4 Å². The summed E-state index contributed by atoms with van der Waals surface area (Å²) in [6.45, 7) is -1.42. The Morgan fingerprint density at radius 2 is 2.06 bits per heavy atom. The lowest BCUT2D eigenvalue weighted by Gasteiger charge is -2.11. The monoisotopic (exact) mass is 271 g/mol. The van der Waals surface area contributed by atoms with Gasteiger partial charge < -0.3 is 9.47 Å². The second kappa shape index (κ2) is 5.15. The summed E-state index contributed by atoms with van der Waals surface area (Å²) in [5, 5.41) is 0. The van der Waals surface area contributed by atoms with Gasteiger partial charge in [0, 0.05) is 6.07 Å². The summed E-state index contributed by atoms with van der Waals surface area (Å²) in [7, 11) is 0.890. The van der Waals surface area contributed by atoms with E-state index in [0.29, 0.717) is 0 Å². The number of pyridine rings is 1. The second-order valence-corrected chi connectivity index (χ2v) is 2.94. The molecule has 0 spiro atoms. The average molecular weight is 271 g/mol. The van der Waals surface area contributed by atoms with Gasteiger partial charge in [0.05, 0.1) is 12.7 Å². The number of methoxy groups -OCH3 is 1. The molecule has 0 bridgehead atoms. The van der Waals surface area contributed by atoms with Crippen LogP contribution in [0.2, 0.25) is 0 Å². The van der Waals surface area contributed by atoms with Gasteiger partial charge in [0.25, 0.3) is 0 Å². The standard InChI is InChI=1S/C9H6F5NO3/c1-17-8(16)7-4(3-10)5(11)2-6(15-7)18-9(12,13)14/h2H,3H2,1H3. The van der Waals surface area contributed by atoms with Gasteiger partial charge in [-0.15, -0.1) is 13.2 Å². The number of ether oxygens (including phenoxy) is 2. The molecule has 0 radical (unpaired) electrons. The van der Waals surface area contributed by atoms with Crippen molar-refractivity contribution in [3.63, 3.8) is 0 Å². The lowest BCUT2D eigenvalue weighted by molar-refractivity contribution is -0.276. The second-order valence-electron chi connectivity index (χ2n) is 2.94. The molecular formula is C9H6F5NO3. The maximum Gasteiger partial charge on any atom is 0.574 e. The first-order valence-corrected chi connectivity index (χ1v) is 4.38. The predicted octanol–water partition coefficient (Wildman–Crippen LogP) is 2.38. The number of alkyl halides is 4. The Hall–Kier alpha value is -1.93. The van der Waals surface area contributed by atoms with Gasteiger partial charge in [-0.2, -0.15) is 0 Å². The Balaban J connectivity index is 3.26. The van der Waals surface area contributed by atoms with Crippen LogP contribution < -0.4 is 4.74 Å². The summed E-state index contributed by atoms with van der Waals surface area (Å²) in [5.74, 6) is -3.86. The summed E-state index contributed by atoms with van der Waals surface area (Å²) < 4.78 is 68.9. The van der Waals surface area contributed by atoms with Crippen LogP contribution in [0.25, 0.3) is 0 Å². The van der Waals surface area contributed by atoms with Crippen LogP contribution in [-0.2, 0) is 11.4 Å². The Kier molecular flexibility index (Phi) is 4.04. The maximum atomic E-state index is 13.2. The SMILES string of the molecule is COC(=O)c1nc(OC(F)(F)F)cc(F)c1CF. The van der Waals surface area contributed by atoms with Crippen molar-refractivity contribution in [3.8, 4) is 5.88 Å². The molecule has 1 aromatic heterocycles. The number of hydrogen-bond donors (Lipinski definition) is 0. The molecule has 1 rings (SSSR count). The Labute approximate surface area is 97.3 Å². The van der Waals surface area contributed by atoms with Crippen LogP contribution >= 0.6 is 0 Å². The zero-order chi connectivity index (χ0) is 13.9. The molecular weight excluding hydrogens is 265 g/mol. The Bertz CT molecular complexity index is 460. The first kappa shape index (κ1) is 14.1. The van der Waals surface area contributed by atoms with E-state index in [9.17, 15) is 26.7 Å². The van der Waals surface area contributed by atoms with E-state index >= 15 is 0 Å². The van der Waals surface area contributed by atoms with Crippen molar-refractivity contribution >= 4 is 5.97 Å². The fourth-order valence-corrected chi connectivity index (χ4v) is 1.08. The molecule has 0 aromatic carbocycles. The number of nitrogens with zero attached hydrogens (tertiary/aromatic N) is 1. The number of carbonyl (C=O) groups excluding carboxylic acids is 1. The van der Waals surface area contributed by atoms with Crippen molar-refractivity contribution in [1.82, 2.24) is 4.98 Å². The van der Waals surface area contributed by atoms with Crippen LogP contribution in [0.5, 0.6) is 5.88 Å². The Morgan fingerprint density at radius 3 is 2.50 bits per heavy atom. The number of esters is 1. The van der Waals surface area contributed by atoms with Crippen molar-refractivity contribution in [2.45, 2.75) is 13.0 Å². The minimum atomic E-state index is -5.11. The lowest BCUT2D eigenvalue weighted by atomic mass is 10.2. The largest absolute Gasteiger partial charge is 0.574 e. The van der Waals surface area contributed by atoms with Gasteiger partial charge in [-0.05, 0) is 0 Å². The van der Waals surface area contributed by atoms with E-state index in [1.54, 1.807) is 0 Å². The van der Waals surface area contributed by atoms with Crippen LogP contribution in [0.4, 0.5) is 22.0 Å². The highest BCUT2D eigenvalue weighted by molar-refractivity contribution is 5.89. The number of aromatic nitrogens is 1. The molecule has 0 saturated carbocycles. The van der Waals surface area contributed by atoms with E-state index in [4.69, 9.17) is 0 Å². The molecule has 0 aliphatic rings. The minimum absolute atomic E-state index is 0.231. The quantitative estimate of drug-likeness (QED) is 0.625. The van der Waals surface area contributed by atoms with E-state index in [2.05, 4.69) is 14.5 Å². The minimum Gasteiger partial charge on any atom is -0.464 e. The van der Waals surface area contributed by atoms with E-state index in [1.807, 2.05) is 0 Å². The van der Waals surface area contributed by atoms with Crippen LogP contribution in [0.1, 0.15) is 16.1 Å². The molecule has 0 atom stereocenters. The van der Waals surface area contributed by atoms with Crippen LogP contribution in [0, 0.1) is 5.82 Å². The Morgan fingerprint density at radius 1 is 1.44 bits per heavy atom. The van der Waals surface area contributed by atoms with Crippen molar-refractivity contribution in [2.75, 3.05) is 7.11 Å². The summed E-state index contributed by atoms with van der Waals surface area (Å²) in [5.41, 5.74) is -1.70. The van der Waals surface area contributed by atoms with Crippen molar-refractivity contribution < 1.29 is 36.2 Å². The van der Waals surface area contributed by atoms with Gasteiger partial charge in [0.1, 0.15) is 12.5 Å². The van der Waals surface area contributed by atoms with Crippen molar-refractivity contribution in [3.05, 3.63) is 23.1 Å². The van der Waals surface area contributed by atoms with Gasteiger partial charge in [0.2, 0.25) is 5.88 Å². The number of halogens is 5. The van der Waals surface area contributed by atoms with Crippen LogP contribution in [0.15, 0.2) is 6.07 Å². The molecule has 0 unspecified atom stereocenters. The molecule has 0 aliphatic carbocycles. The fourth-order valence-electron chi connectivity index (χ4n) is 1.08. The van der Waals surface area contributed by atoms with Gasteiger partial charge >= 0.3 is 12.3 Å². The lowest BCUT2D eigenvalue weighted by Crippen LogP contribution is -2.20. The normalized spacial score (nSPS) is 11.2. The summed E-state index contributed by atoms with van der Waals surface area (Å²) >= 11 is 0. The summed E-state index contributed by atoms with van der Waals surface area (Å²) in [6, 6.07) is 0.231.